The fraction of sp³-hybridized carbons (Fsp3) is 0.700. The summed E-state index contributed by atoms with van der Waals surface area (Å²) in [6.45, 7) is 4.31. The molecule has 0 bridgehead atoms. The highest BCUT2D eigenvalue weighted by Gasteiger charge is 2.36. The van der Waals surface area contributed by atoms with E-state index in [0.717, 1.165) is 43.4 Å². The average Bonchev–Trinajstić information content (AvgIpc) is 3.13. The minimum atomic E-state index is -0.869. The van der Waals surface area contributed by atoms with E-state index in [1.165, 1.54) is 18.4 Å². The maximum absolute atomic E-state index is 10.5. The van der Waals surface area contributed by atoms with Crippen molar-refractivity contribution in [1.29, 1.82) is 0 Å². The highest BCUT2D eigenvalue weighted by molar-refractivity contribution is 5.87. The molecular weight excluding hydrogens is 318 g/mol. The molecule has 0 spiro atoms. The second kappa shape index (κ2) is 9.76. The smallest absolute Gasteiger partial charge is 0.306 e. The van der Waals surface area contributed by atoms with E-state index in [1.807, 2.05) is 6.92 Å². The number of unbranched alkanes of at least 4 members (excludes halogenated alkanes) is 2. The minimum Gasteiger partial charge on any atom is -0.481 e. The summed E-state index contributed by atoms with van der Waals surface area (Å²) in [5, 5.41) is 23.0. The van der Waals surface area contributed by atoms with Crippen molar-refractivity contribution in [2.45, 2.75) is 71.3 Å². The Kier molecular flexibility index (Phi) is 7.69. The molecular formula is C20H31NO4. The Hall–Kier alpha value is -1.62. The van der Waals surface area contributed by atoms with Gasteiger partial charge in [0.2, 0.25) is 0 Å². The molecule has 5 nitrogen and oxygen atoms in total. The van der Waals surface area contributed by atoms with Crippen molar-refractivity contribution in [3.63, 3.8) is 0 Å². The van der Waals surface area contributed by atoms with Crippen LogP contribution in [0.1, 0.15) is 65.2 Å². The van der Waals surface area contributed by atoms with Gasteiger partial charge in [-0.25, -0.2) is 0 Å². The van der Waals surface area contributed by atoms with Crippen LogP contribution in [-0.4, -0.2) is 34.6 Å². The van der Waals surface area contributed by atoms with Crippen LogP contribution >= 0.6 is 0 Å². The van der Waals surface area contributed by atoms with Gasteiger partial charge < -0.3 is 15.1 Å². The molecule has 0 radical (unpaired) electrons. The molecule has 2 aliphatic carbocycles. The van der Waals surface area contributed by atoms with Crippen molar-refractivity contribution in [3.05, 3.63) is 23.3 Å². The lowest BCUT2D eigenvalue weighted by Gasteiger charge is -2.15. The zero-order valence-corrected chi connectivity index (χ0v) is 15.4. The van der Waals surface area contributed by atoms with Gasteiger partial charge >= 0.3 is 5.97 Å². The van der Waals surface area contributed by atoms with Crippen molar-refractivity contribution in [2.24, 2.45) is 17.0 Å². The number of carbonyl (C=O) groups is 1. The summed E-state index contributed by atoms with van der Waals surface area (Å²) in [5.74, 6) is 0.157. The number of oxime groups is 1. The molecule has 5 heteroatoms. The lowest BCUT2D eigenvalue weighted by atomic mass is 9.92. The van der Waals surface area contributed by atoms with E-state index in [1.54, 1.807) is 0 Å². The Balaban J connectivity index is 1.85. The first-order chi connectivity index (χ1) is 12.0. The van der Waals surface area contributed by atoms with E-state index in [0.29, 0.717) is 11.8 Å². The number of rotatable bonds is 10. The number of allylic oxidation sites excluding steroid dienone is 3. The lowest BCUT2D eigenvalue weighted by Crippen LogP contribution is -2.09. The van der Waals surface area contributed by atoms with E-state index in [9.17, 15) is 9.90 Å². The Labute approximate surface area is 150 Å². The van der Waals surface area contributed by atoms with Gasteiger partial charge in [-0.3, -0.25) is 4.79 Å². The maximum atomic E-state index is 10.5. The Morgan fingerprint density at radius 2 is 2.24 bits per heavy atom. The van der Waals surface area contributed by atoms with Gasteiger partial charge in [0, 0.05) is 0 Å². The van der Waals surface area contributed by atoms with E-state index in [4.69, 9.17) is 9.94 Å². The summed E-state index contributed by atoms with van der Waals surface area (Å²) < 4.78 is 0. The second-order valence-corrected chi connectivity index (χ2v) is 7.25. The first-order valence-electron chi connectivity index (χ1n) is 9.47. The van der Waals surface area contributed by atoms with Gasteiger partial charge in [-0.15, -0.1) is 0 Å². The molecule has 1 unspecified atom stereocenters. The van der Waals surface area contributed by atoms with Crippen LogP contribution in [-0.2, 0) is 9.63 Å². The molecule has 1 fully saturated rings. The molecule has 25 heavy (non-hydrogen) atoms. The zero-order chi connectivity index (χ0) is 18.2. The van der Waals surface area contributed by atoms with Gasteiger partial charge in [-0.1, -0.05) is 43.5 Å². The lowest BCUT2D eigenvalue weighted by molar-refractivity contribution is -0.138. The molecule has 0 aliphatic heterocycles. The third kappa shape index (κ3) is 5.99. The molecule has 0 saturated heterocycles. The summed E-state index contributed by atoms with van der Waals surface area (Å²) in [6.07, 6.45) is 11.2. The van der Waals surface area contributed by atoms with Crippen LogP contribution in [0.4, 0.5) is 0 Å². The second-order valence-electron chi connectivity index (χ2n) is 7.25. The zero-order valence-electron chi connectivity index (χ0n) is 15.4. The van der Waals surface area contributed by atoms with E-state index in [2.05, 4.69) is 24.2 Å². The van der Waals surface area contributed by atoms with Gasteiger partial charge in [-0.2, -0.15) is 0 Å². The van der Waals surface area contributed by atoms with Crippen LogP contribution < -0.4 is 0 Å². The van der Waals surface area contributed by atoms with Crippen LogP contribution in [0.2, 0.25) is 0 Å². The number of aliphatic carboxylic acids is 1. The Morgan fingerprint density at radius 1 is 1.44 bits per heavy atom. The quantitative estimate of drug-likeness (QED) is 0.460. The molecule has 3 atom stereocenters. The topological polar surface area (TPSA) is 79.1 Å². The van der Waals surface area contributed by atoms with Crippen LogP contribution in [0, 0.1) is 11.8 Å². The van der Waals surface area contributed by atoms with E-state index >= 15 is 0 Å². The number of aliphatic hydroxyl groups is 1. The van der Waals surface area contributed by atoms with Crippen LogP contribution in [0.15, 0.2) is 28.5 Å². The van der Waals surface area contributed by atoms with Crippen molar-refractivity contribution in [2.75, 3.05) is 6.61 Å². The van der Waals surface area contributed by atoms with Gasteiger partial charge in [-0.05, 0) is 55.6 Å². The molecule has 0 aromatic rings. The predicted molar refractivity (Wildman–Crippen MR) is 98.5 cm³/mol. The van der Waals surface area contributed by atoms with Crippen LogP contribution in [0.25, 0.3) is 0 Å². The van der Waals surface area contributed by atoms with Crippen LogP contribution in [0.5, 0.6) is 0 Å². The van der Waals surface area contributed by atoms with Gasteiger partial charge in [0.15, 0.2) is 0 Å². The van der Waals surface area contributed by atoms with Gasteiger partial charge in [0.25, 0.3) is 0 Å². The maximum Gasteiger partial charge on any atom is 0.306 e. The molecule has 0 aromatic carbocycles. The number of aliphatic hydroxyl groups excluding tert-OH is 1. The summed E-state index contributed by atoms with van der Waals surface area (Å²) in [6, 6.07) is 0. The monoisotopic (exact) mass is 349 g/mol. The third-order valence-electron chi connectivity index (χ3n) is 5.21. The summed E-state index contributed by atoms with van der Waals surface area (Å²) in [5.41, 5.74) is 3.39. The molecule has 0 aromatic heterocycles. The normalized spacial score (nSPS) is 25.8. The van der Waals surface area contributed by atoms with E-state index < -0.39 is 5.97 Å². The number of carboxylic acids is 1. The molecule has 2 N–H and O–H groups in total. The minimum absolute atomic E-state index is 0.0212. The Bertz CT molecular complexity index is 550. The molecule has 2 rings (SSSR count). The summed E-state index contributed by atoms with van der Waals surface area (Å²) >= 11 is 0. The van der Waals surface area contributed by atoms with Crippen molar-refractivity contribution in [1.82, 2.24) is 0 Å². The number of fused-ring (bicyclic) bond motifs is 1. The van der Waals surface area contributed by atoms with Crippen molar-refractivity contribution < 1.29 is 19.8 Å². The fourth-order valence-electron chi connectivity index (χ4n) is 3.71. The number of nitrogens with zero attached hydrogens (tertiary/aromatic N) is 1. The number of hydrogen-bond donors (Lipinski definition) is 2. The SMILES string of the molecule is CCCCCC(O)/C(C)=C\C1=CC[C@@H]2C/C(=N\OCCC(=O)O)C[C@@H]12. The average molecular weight is 349 g/mol. The van der Waals surface area contributed by atoms with Crippen LogP contribution in [0.3, 0.4) is 0 Å². The molecule has 1 saturated carbocycles. The predicted octanol–water partition coefficient (Wildman–Crippen LogP) is 4.08. The first kappa shape index (κ1) is 19.7. The third-order valence-corrected chi connectivity index (χ3v) is 5.21. The number of carboxylic acid groups (broad SMARTS) is 1. The standard InChI is InChI=1S/C20H31NO4/c1-3-4-5-6-19(22)14(2)11-15-7-8-16-12-17(13-18(15)16)21-25-10-9-20(23)24/h7,11,16,18-19,22H,3-6,8-10,12-13H2,1-2H3,(H,23,24)/b14-11-,21-17+/t16-,18+,19?/m1/s1. The molecule has 0 heterocycles. The summed E-state index contributed by atoms with van der Waals surface area (Å²) in [4.78, 5) is 15.6. The van der Waals surface area contributed by atoms with Crippen molar-refractivity contribution in [3.8, 4) is 0 Å². The van der Waals surface area contributed by atoms with Crippen molar-refractivity contribution >= 4 is 11.7 Å². The van der Waals surface area contributed by atoms with E-state index in [-0.39, 0.29) is 19.1 Å². The highest BCUT2D eigenvalue weighted by Crippen LogP contribution is 2.44. The Morgan fingerprint density at radius 3 is 2.96 bits per heavy atom. The van der Waals surface area contributed by atoms with Gasteiger partial charge in [0.1, 0.15) is 6.61 Å². The molecule has 0 amide bonds. The fourth-order valence-corrected chi connectivity index (χ4v) is 3.71. The molecule has 2 aliphatic rings. The summed E-state index contributed by atoms with van der Waals surface area (Å²) in [7, 11) is 0. The first-order valence-corrected chi connectivity index (χ1v) is 9.47. The molecule has 140 valence electrons. The highest BCUT2D eigenvalue weighted by atomic mass is 16.6. The van der Waals surface area contributed by atoms with Gasteiger partial charge in [0.05, 0.1) is 18.2 Å². The number of hydrogen-bond acceptors (Lipinski definition) is 4. The largest absolute Gasteiger partial charge is 0.481 e.